The first-order valence-corrected chi connectivity index (χ1v) is 12.2. The monoisotopic (exact) mass is 513 g/mol. The number of non-ortho nitro benzene ring substituents is 1. The average molecular weight is 514 g/mol. The molecule has 0 unspecified atom stereocenters. The smallest absolute Gasteiger partial charge is 0.269 e. The summed E-state index contributed by atoms with van der Waals surface area (Å²) in [7, 11) is 0. The number of rotatable bonds is 12. The minimum absolute atomic E-state index is 0.0408. The zero-order valence-corrected chi connectivity index (χ0v) is 20.6. The van der Waals surface area contributed by atoms with Crippen LogP contribution in [0.2, 0.25) is 5.02 Å². The molecule has 0 saturated carbocycles. The number of amides is 1. The van der Waals surface area contributed by atoms with Crippen molar-refractivity contribution >= 4 is 41.2 Å². The minimum atomic E-state index is -0.443. The molecular formula is C25H24ClN3O5S. The van der Waals surface area contributed by atoms with E-state index < -0.39 is 4.92 Å². The third kappa shape index (κ3) is 8.62. The number of nitro benzene ring substituents is 1. The maximum atomic E-state index is 12.0. The van der Waals surface area contributed by atoms with Crippen molar-refractivity contribution in [2.45, 2.75) is 19.3 Å². The predicted molar refractivity (Wildman–Crippen MR) is 138 cm³/mol. The van der Waals surface area contributed by atoms with Gasteiger partial charge in [-0.1, -0.05) is 35.9 Å². The average Bonchev–Trinajstić information content (AvgIpc) is 2.84. The van der Waals surface area contributed by atoms with Gasteiger partial charge in [0.1, 0.15) is 6.61 Å². The number of hydrazone groups is 1. The molecule has 182 valence electrons. The fourth-order valence-corrected chi connectivity index (χ4v) is 3.96. The lowest BCUT2D eigenvalue weighted by Gasteiger charge is -2.12. The van der Waals surface area contributed by atoms with E-state index in [1.807, 2.05) is 31.2 Å². The molecule has 10 heteroatoms. The summed E-state index contributed by atoms with van der Waals surface area (Å²) in [4.78, 5) is 22.3. The summed E-state index contributed by atoms with van der Waals surface area (Å²) in [5.74, 6) is 1.68. The van der Waals surface area contributed by atoms with Gasteiger partial charge in [-0.3, -0.25) is 14.9 Å². The van der Waals surface area contributed by atoms with E-state index in [9.17, 15) is 14.9 Å². The molecule has 0 bridgehead atoms. The Morgan fingerprint density at radius 1 is 1.09 bits per heavy atom. The number of nitrogens with one attached hydrogen (secondary N) is 1. The van der Waals surface area contributed by atoms with Gasteiger partial charge in [0.05, 0.1) is 23.5 Å². The molecule has 0 saturated heterocycles. The molecule has 0 aliphatic carbocycles. The number of hydrogen-bond donors (Lipinski definition) is 1. The van der Waals surface area contributed by atoms with Gasteiger partial charge in [-0.05, 0) is 53.9 Å². The standard InChI is InChI=1S/C25H24ClN3O5S/c1-2-33-24-13-19(8-11-23(24)34-15-20-4-3-5-21(26)12-20)14-27-28-25(30)17-35-16-18-6-9-22(10-7-18)29(31)32/h3-14H,2,15-17H2,1H3,(H,28,30). The van der Waals surface area contributed by atoms with Crippen LogP contribution in [0, 0.1) is 10.1 Å². The molecule has 0 heterocycles. The predicted octanol–water partition coefficient (Wildman–Crippen LogP) is 5.61. The van der Waals surface area contributed by atoms with E-state index >= 15 is 0 Å². The molecule has 0 aliphatic heterocycles. The molecule has 3 aromatic rings. The second-order valence-corrected chi connectivity index (χ2v) is 8.69. The topological polar surface area (TPSA) is 103 Å². The highest BCUT2D eigenvalue weighted by Crippen LogP contribution is 2.29. The number of nitrogens with zero attached hydrogens (tertiary/aromatic N) is 2. The van der Waals surface area contributed by atoms with Crippen LogP contribution < -0.4 is 14.9 Å². The third-order valence-electron chi connectivity index (χ3n) is 4.60. The lowest BCUT2D eigenvalue weighted by atomic mass is 10.2. The van der Waals surface area contributed by atoms with Crippen molar-refractivity contribution in [1.29, 1.82) is 0 Å². The van der Waals surface area contributed by atoms with E-state index in [2.05, 4.69) is 10.5 Å². The molecule has 0 fully saturated rings. The lowest BCUT2D eigenvalue weighted by molar-refractivity contribution is -0.384. The maximum Gasteiger partial charge on any atom is 0.269 e. The summed E-state index contributed by atoms with van der Waals surface area (Å²) in [6.07, 6.45) is 1.53. The van der Waals surface area contributed by atoms with Crippen molar-refractivity contribution in [3.8, 4) is 11.5 Å². The van der Waals surface area contributed by atoms with Crippen LogP contribution in [0.25, 0.3) is 0 Å². The first-order chi connectivity index (χ1) is 16.9. The van der Waals surface area contributed by atoms with Crippen LogP contribution in [-0.4, -0.2) is 29.4 Å². The number of ether oxygens (including phenoxy) is 2. The zero-order valence-electron chi connectivity index (χ0n) is 19.0. The molecule has 1 N–H and O–H groups in total. The van der Waals surface area contributed by atoms with Crippen LogP contribution in [0.1, 0.15) is 23.6 Å². The van der Waals surface area contributed by atoms with Gasteiger partial charge in [0.15, 0.2) is 11.5 Å². The van der Waals surface area contributed by atoms with Crippen LogP contribution in [0.5, 0.6) is 11.5 Å². The molecule has 0 radical (unpaired) electrons. The summed E-state index contributed by atoms with van der Waals surface area (Å²) in [6, 6.07) is 19.1. The molecule has 3 rings (SSSR count). The summed E-state index contributed by atoms with van der Waals surface area (Å²) < 4.78 is 11.6. The van der Waals surface area contributed by atoms with Crippen molar-refractivity contribution in [3.63, 3.8) is 0 Å². The number of thioether (sulfide) groups is 1. The third-order valence-corrected chi connectivity index (χ3v) is 5.84. The molecule has 0 spiro atoms. The number of benzene rings is 3. The van der Waals surface area contributed by atoms with E-state index in [0.29, 0.717) is 35.5 Å². The summed E-state index contributed by atoms with van der Waals surface area (Å²) >= 11 is 7.41. The lowest BCUT2D eigenvalue weighted by Crippen LogP contribution is -2.19. The summed E-state index contributed by atoms with van der Waals surface area (Å²) in [5, 5.41) is 15.4. The van der Waals surface area contributed by atoms with Gasteiger partial charge < -0.3 is 9.47 Å². The van der Waals surface area contributed by atoms with Crippen LogP contribution in [-0.2, 0) is 17.2 Å². The summed E-state index contributed by atoms with van der Waals surface area (Å²) in [5.41, 5.74) is 5.12. The molecular weight excluding hydrogens is 490 g/mol. The van der Waals surface area contributed by atoms with Gasteiger partial charge >= 0.3 is 0 Å². The van der Waals surface area contributed by atoms with Crippen molar-refractivity contribution in [1.82, 2.24) is 5.43 Å². The minimum Gasteiger partial charge on any atom is -0.490 e. The number of carbonyl (C=O) groups excluding carboxylic acids is 1. The Morgan fingerprint density at radius 3 is 2.60 bits per heavy atom. The van der Waals surface area contributed by atoms with Crippen LogP contribution in [0.15, 0.2) is 71.8 Å². The Morgan fingerprint density at radius 2 is 1.89 bits per heavy atom. The van der Waals surface area contributed by atoms with Crippen molar-refractivity contribution in [3.05, 3.63) is 98.6 Å². The van der Waals surface area contributed by atoms with Crippen molar-refractivity contribution in [2.24, 2.45) is 5.10 Å². The quantitative estimate of drug-likeness (QED) is 0.192. The Hall–Kier alpha value is -3.56. The fourth-order valence-electron chi connectivity index (χ4n) is 2.97. The highest BCUT2D eigenvalue weighted by Gasteiger charge is 2.08. The molecule has 8 nitrogen and oxygen atoms in total. The Bertz CT molecular complexity index is 1190. The first kappa shape index (κ1) is 26.1. The van der Waals surface area contributed by atoms with Gasteiger partial charge in [0.2, 0.25) is 5.91 Å². The molecule has 0 aromatic heterocycles. The second-order valence-electron chi connectivity index (χ2n) is 7.27. The number of halogens is 1. The number of hydrogen-bond acceptors (Lipinski definition) is 7. The maximum absolute atomic E-state index is 12.0. The molecule has 35 heavy (non-hydrogen) atoms. The fraction of sp³-hybridized carbons (Fsp3) is 0.200. The van der Waals surface area contributed by atoms with Crippen LogP contribution >= 0.6 is 23.4 Å². The molecule has 0 atom stereocenters. The normalized spacial score (nSPS) is 10.8. The number of nitro groups is 1. The Labute approximate surface area is 212 Å². The Kier molecular flexibility index (Phi) is 9.94. The highest BCUT2D eigenvalue weighted by atomic mass is 35.5. The largest absolute Gasteiger partial charge is 0.490 e. The van der Waals surface area contributed by atoms with E-state index in [-0.39, 0.29) is 17.3 Å². The van der Waals surface area contributed by atoms with E-state index in [1.54, 1.807) is 30.3 Å². The van der Waals surface area contributed by atoms with E-state index in [1.165, 1.54) is 30.1 Å². The number of carbonyl (C=O) groups is 1. The van der Waals surface area contributed by atoms with Gasteiger partial charge in [0, 0.05) is 22.9 Å². The SMILES string of the molecule is CCOc1cc(C=NNC(=O)CSCc2ccc([N+](=O)[O-])cc2)ccc1OCc1cccc(Cl)c1. The molecule has 3 aromatic carbocycles. The van der Waals surface area contributed by atoms with Crippen molar-refractivity contribution in [2.75, 3.05) is 12.4 Å². The molecule has 0 aliphatic rings. The van der Waals surface area contributed by atoms with Crippen molar-refractivity contribution < 1.29 is 19.2 Å². The van der Waals surface area contributed by atoms with E-state index in [0.717, 1.165) is 16.7 Å². The van der Waals surface area contributed by atoms with E-state index in [4.69, 9.17) is 21.1 Å². The highest BCUT2D eigenvalue weighted by molar-refractivity contribution is 7.99. The first-order valence-electron chi connectivity index (χ1n) is 10.7. The van der Waals surface area contributed by atoms with Gasteiger partial charge in [-0.15, -0.1) is 11.8 Å². The van der Waals surface area contributed by atoms with Gasteiger partial charge in [0.25, 0.3) is 5.69 Å². The summed E-state index contributed by atoms with van der Waals surface area (Å²) in [6.45, 7) is 2.70. The van der Waals surface area contributed by atoms with Gasteiger partial charge in [-0.25, -0.2) is 5.43 Å². The Balaban J connectivity index is 1.48. The molecule has 1 amide bonds. The second kappa shape index (κ2) is 13.4. The van der Waals surface area contributed by atoms with Crippen LogP contribution in [0.3, 0.4) is 0 Å². The zero-order chi connectivity index (χ0) is 25.0. The van der Waals surface area contributed by atoms with Gasteiger partial charge in [-0.2, -0.15) is 5.10 Å². The van der Waals surface area contributed by atoms with Crippen LogP contribution in [0.4, 0.5) is 5.69 Å².